The van der Waals surface area contributed by atoms with Crippen LogP contribution in [0.1, 0.15) is 17.0 Å². The van der Waals surface area contributed by atoms with Gasteiger partial charge in [0.2, 0.25) is 0 Å². The number of amides is 2. The molecule has 0 atom stereocenters. The molecule has 2 aromatic rings. The summed E-state index contributed by atoms with van der Waals surface area (Å²) >= 11 is 6.24. The minimum absolute atomic E-state index is 0.0613. The molecule has 1 aromatic heterocycles. The Balaban J connectivity index is 1.53. The van der Waals surface area contributed by atoms with Crippen molar-refractivity contribution in [2.45, 2.75) is 20.4 Å². The summed E-state index contributed by atoms with van der Waals surface area (Å²) < 4.78 is 5.11. The Bertz CT molecular complexity index is 704. The third-order valence-corrected chi connectivity index (χ3v) is 4.68. The van der Waals surface area contributed by atoms with Crippen molar-refractivity contribution in [3.8, 4) is 0 Å². The van der Waals surface area contributed by atoms with Gasteiger partial charge in [0.1, 0.15) is 5.76 Å². The number of para-hydroxylation sites is 1. The first kappa shape index (κ1) is 16.6. The fourth-order valence-electron chi connectivity index (χ4n) is 2.89. The van der Waals surface area contributed by atoms with Crippen molar-refractivity contribution in [3.05, 3.63) is 46.3 Å². The molecule has 1 saturated heterocycles. The van der Waals surface area contributed by atoms with Crippen molar-refractivity contribution in [2.75, 3.05) is 31.1 Å². The van der Waals surface area contributed by atoms with Gasteiger partial charge in [-0.1, -0.05) is 28.9 Å². The van der Waals surface area contributed by atoms with Crippen LogP contribution in [-0.4, -0.2) is 42.3 Å². The van der Waals surface area contributed by atoms with Crippen LogP contribution in [0.3, 0.4) is 0 Å². The maximum atomic E-state index is 12.3. The summed E-state index contributed by atoms with van der Waals surface area (Å²) in [5.74, 6) is 0.747. The van der Waals surface area contributed by atoms with Gasteiger partial charge in [0.25, 0.3) is 0 Å². The van der Waals surface area contributed by atoms with Crippen molar-refractivity contribution in [1.29, 1.82) is 0 Å². The van der Waals surface area contributed by atoms with Gasteiger partial charge in [0.15, 0.2) is 0 Å². The minimum atomic E-state index is -0.0613. The zero-order valence-corrected chi connectivity index (χ0v) is 14.6. The highest BCUT2D eigenvalue weighted by atomic mass is 35.5. The lowest BCUT2D eigenvalue weighted by Gasteiger charge is -2.36. The summed E-state index contributed by atoms with van der Waals surface area (Å²) in [5.41, 5.74) is 2.78. The molecule has 3 rings (SSSR count). The molecule has 0 spiro atoms. The number of benzene rings is 1. The lowest BCUT2D eigenvalue weighted by atomic mass is 10.2. The SMILES string of the molecule is Cc1noc(C)c1CNC(=O)N1CCN(c2ccccc2Cl)CC1. The molecule has 0 radical (unpaired) electrons. The Morgan fingerprint density at radius 3 is 2.58 bits per heavy atom. The van der Waals surface area contributed by atoms with Crippen LogP contribution in [-0.2, 0) is 6.54 Å². The molecular weight excluding hydrogens is 328 g/mol. The van der Waals surface area contributed by atoms with E-state index in [1.54, 1.807) is 0 Å². The molecule has 2 amide bonds. The molecule has 0 bridgehead atoms. The molecule has 128 valence electrons. The number of nitrogens with one attached hydrogen (secondary N) is 1. The number of carbonyl (C=O) groups is 1. The van der Waals surface area contributed by atoms with E-state index in [2.05, 4.69) is 15.4 Å². The van der Waals surface area contributed by atoms with Gasteiger partial charge >= 0.3 is 6.03 Å². The molecule has 1 aliphatic heterocycles. The molecule has 6 nitrogen and oxygen atoms in total. The number of halogens is 1. The third-order valence-electron chi connectivity index (χ3n) is 4.36. The Labute approximate surface area is 146 Å². The van der Waals surface area contributed by atoms with Crippen molar-refractivity contribution >= 4 is 23.3 Å². The van der Waals surface area contributed by atoms with Crippen molar-refractivity contribution in [1.82, 2.24) is 15.4 Å². The van der Waals surface area contributed by atoms with Crippen LogP contribution in [0, 0.1) is 13.8 Å². The van der Waals surface area contributed by atoms with E-state index in [-0.39, 0.29) is 6.03 Å². The van der Waals surface area contributed by atoms with Crippen LogP contribution in [0.2, 0.25) is 5.02 Å². The zero-order valence-electron chi connectivity index (χ0n) is 13.9. The Kier molecular flexibility index (Phi) is 4.94. The number of piperazine rings is 1. The van der Waals surface area contributed by atoms with Gasteiger partial charge in [0.05, 0.1) is 16.4 Å². The number of urea groups is 1. The standard InChI is InChI=1S/C17H21ClN4O2/c1-12-14(13(2)24-20-12)11-19-17(23)22-9-7-21(8-10-22)16-6-4-3-5-15(16)18/h3-6H,7-11H2,1-2H3,(H,19,23). The summed E-state index contributed by atoms with van der Waals surface area (Å²) in [7, 11) is 0. The van der Waals surface area contributed by atoms with Gasteiger partial charge in [0, 0.05) is 38.3 Å². The minimum Gasteiger partial charge on any atom is -0.367 e. The molecule has 1 aromatic carbocycles. The molecule has 7 heteroatoms. The fourth-order valence-corrected chi connectivity index (χ4v) is 3.14. The van der Waals surface area contributed by atoms with E-state index in [1.165, 1.54) is 0 Å². The highest BCUT2D eigenvalue weighted by Gasteiger charge is 2.22. The van der Waals surface area contributed by atoms with E-state index in [0.29, 0.717) is 19.6 Å². The van der Waals surface area contributed by atoms with E-state index in [1.807, 2.05) is 43.0 Å². The first-order valence-electron chi connectivity index (χ1n) is 8.00. The number of rotatable bonds is 3. The second kappa shape index (κ2) is 7.13. The average molecular weight is 349 g/mol. The van der Waals surface area contributed by atoms with Crippen molar-refractivity contribution < 1.29 is 9.32 Å². The number of nitrogens with zero attached hydrogens (tertiary/aromatic N) is 3. The molecular formula is C17H21ClN4O2. The summed E-state index contributed by atoms with van der Waals surface area (Å²) in [6, 6.07) is 7.73. The van der Waals surface area contributed by atoms with Crippen LogP contribution in [0.15, 0.2) is 28.8 Å². The van der Waals surface area contributed by atoms with E-state index in [9.17, 15) is 4.79 Å². The van der Waals surface area contributed by atoms with Gasteiger partial charge in [-0.25, -0.2) is 4.79 Å². The highest BCUT2D eigenvalue weighted by Crippen LogP contribution is 2.26. The number of aromatic nitrogens is 1. The zero-order chi connectivity index (χ0) is 17.1. The predicted octanol–water partition coefficient (Wildman–Crippen LogP) is 2.98. The highest BCUT2D eigenvalue weighted by molar-refractivity contribution is 6.33. The number of carbonyl (C=O) groups excluding carboxylic acids is 1. The maximum absolute atomic E-state index is 12.3. The Morgan fingerprint density at radius 1 is 1.25 bits per heavy atom. The lowest BCUT2D eigenvalue weighted by Crippen LogP contribution is -2.51. The summed E-state index contributed by atoms with van der Waals surface area (Å²) in [4.78, 5) is 16.4. The van der Waals surface area contributed by atoms with Crippen LogP contribution < -0.4 is 10.2 Å². The molecule has 2 heterocycles. The molecule has 1 N–H and O–H groups in total. The van der Waals surface area contributed by atoms with Crippen LogP contribution in [0.4, 0.5) is 10.5 Å². The topological polar surface area (TPSA) is 61.6 Å². The Morgan fingerprint density at radius 2 is 1.96 bits per heavy atom. The second-order valence-electron chi connectivity index (χ2n) is 5.89. The number of anilines is 1. The molecule has 1 aliphatic rings. The van der Waals surface area contributed by atoms with Crippen LogP contribution >= 0.6 is 11.6 Å². The maximum Gasteiger partial charge on any atom is 0.317 e. The quantitative estimate of drug-likeness (QED) is 0.926. The first-order chi connectivity index (χ1) is 11.6. The molecule has 0 saturated carbocycles. The number of hydrogen-bond acceptors (Lipinski definition) is 4. The third kappa shape index (κ3) is 3.48. The number of hydrogen-bond donors (Lipinski definition) is 1. The smallest absolute Gasteiger partial charge is 0.317 e. The fraction of sp³-hybridized carbons (Fsp3) is 0.412. The van der Waals surface area contributed by atoms with Gasteiger partial charge in [-0.05, 0) is 26.0 Å². The van der Waals surface area contributed by atoms with E-state index in [4.69, 9.17) is 16.1 Å². The monoisotopic (exact) mass is 348 g/mol. The Hall–Kier alpha value is -2.21. The van der Waals surface area contributed by atoms with Gasteiger partial charge < -0.3 is 19.6 Å². The van der Waals surface area contributed by atoms with Crippen molar-refractivity contribution in [3.63, 3.8) is 0 Å². The average Bonchev–Trinajstić information content (AvgIpc) is 2.91. The van der Waals surface area contributed by atoms with E-state index >= 15 is 0 Å². The predicted molar refractivity (Wildman–Crippen MR) is 93.5 cm³/mol. The van der Waals surface area contributed by atoms with Crippen LogP contribution in [0.5, 0.6) is 0 Å². The molecule has 24 heavy (non-hydrogen) atoms. The largest absolute Gasteiger partial charge is 0.367 e. The first-order valence-corrected chi connectivity index (χ1v) is 8.38. The summed E-state index contributed by atoms with van der Waals surface area (Å²) in [6.07, 6.45) is 0. The molecule has 0 unspecified atom stereocenters. The lowest BCUT2D eigenvalue weighted by molar-refractivity contribution is 0.194. The van der Waals surface area contributed by atoms with E-state index in [0.717, 1.165) is 40.8 Å². The van der Waals surface area contributed by atoms with Gasteiger partial charge in [-0.15, -0.1) is 0 Å². The van der Waals surface area contributed by atoms with E-state index < -0.39 is 0 Å². The van der Waals surface area contributed by atoms with Gasteiger partial charge in [-0.3, -0.25) is 0 Å². The summed E-state index contributed by atoms with van der Waals surface area (Å²) in [5, 5.41) is 7.59. The normalized spacial score (nSPS) is 14.8. The van der Waals surface area contributed by atoms with Gasteiger partial charge in [-0.2, -0.15) is 0 Å². The second-order valence-corrected chi connectivity index (χ2v) is 6.29. The summed E-state index contributed by atoms with van der Waals surface area (Å²) in [6.45, 7) is 7.03. The molecule has 0 aliphatic carbocycles. The molecule has 1 fully saturated rings. The van der Waals surface area contributed by atoms with Crippen molar-refractivity contribution in [2.24, 2.45) is 0 Å². The number of aryl methyl sites for hydroxylation is 2. The van der Waals surface area contributed by atoms with Crippen LogP contribution in [0.25, 0.3) is 0 Å².